The lowest BCUT2D eigenvalue weighted by atomic mass is 10.2. The molecule has 1 aliphatic carbocycles. The summed E-state index contributed by atoms with van der Waals surface area (Å²) in [7, 11) is -2.03. The maximum atomic E-state index is 12.0. The second-order valence-electron chi connectivity index (χ2n) is 4.08. The lowest BCUT2D eigenvalue weighted by Crippen LogP contribution is -2.26. The molecule has 0 radical (unpaired) electrons. The van der Waals surface area contributed by atoms with E-state index in [-0.39, 0.29) is 10.9 Å². The van der Waals surface area contributed by atoms with Crippen molar-refractivity contribution in [3.8, 4) is 5.75 Å². The molecule has 0 aliphatic heterocycles. The van der Waals surface area contributed by atoms with E-state index in [9.17, 15) is 8.42 Å². The van der Waals surface area contributed by atoms with Crippen LogP contribution in [0.2, 0.25) is 0 Å². The van der Waals surface area contributed by atoms with Gasteiger partial charge in [-0.1, -0.05) is 6.07 Å². The van der Waals surface area contributed by atoms with Crippen molar-refractivity contribution in [2.24, 2.45) is 5.73 Å². The lowest BCUT2D eigenvalue weighted by molar-refractivity contribution is 0.401. The molecule has 1 saturated carbocycles. The number of hydrogen-bond acceptors (Lipinski definition) is 4. The first kappa shape index (κ1) is 12.3. The van der Waals surface area contributed by atoms with Crippen LogP contribution in [0.15, 0.2) is 23.1 Å². The average molecular weight is 256 g/mol. The van der Waals surface area contributed by atoms with Crippen molar-refractivity contribution in [1.82, 2.24) is 4.72 Å². The summed E-state index contributed by atoms with van der Waals surface area (Å²) in [5.41, 5.74) is 6.34. The Morgan fingerprint density at radius 3 is 2.71 bits per heavy atom. The third-order valence-corrected chi connectivity index (χ3v) is 4.21. The standard InChI is InChI=1S/C11H16N2O3S/c1-16-10-6-8(7-12)2-5-11(10)17(14,15)13-9-3-4-9/h2,5-6,9,13H,3-4,7,12H2,1H3. The summed E-state index contributed by atoms with van der Waals surface area (Å²) in [6.07, 6.45) is 1.81. The van der Waals surface area contributed by atoms with Crippen molar-refractivity contribution >= 4 is 10.0 Å². The zero-order valence-electron chi connectivity index (χ0n) is 9.64. The zero-order chi connectivity index (χ0) is 12.5. The fraction of sp³-hybridized carbons (Fsp3) is 0.455. The minimum atomic E-state index is -3.48. The molecule has 2 rings (SSSR count). The molecule has 0 spiro atoms. The van der Waals surface area contributed by atoms with E-state index in [0.29, 0.717) is 12.3 Å². The Balaban J connectivity index is 2.36. The van der Waals surface area contributed by atoms with Gasteiger partial charge in [0.15, 0.2) is 0 Å². The smallest absolute Gasteiger partial charge is 0.244 e. The molecule has 1 aromatic rings. The van der Waals surface area contributed by atoms with Gasteiger partial charge in [-0.2, -0.15) is 0 Å². The van der Waals surface area contributed by atoms with Gasteiger partial charge in [0.25, 0.3) is 0 Å². The van der Waals surface area contributed by atoms with Crippen molar-refractivity contribution in [3.05, 3.63) is 23.8 Å². The van der Waals surface area contributed by atoms with E-state index < -0.39 is 10.0 Å². The SMILES string of the molecule is COc1cc(CN)ccc1S(=O)(=O)NC1CC1. The van der Waals surface area contributed by atoms with Crippen LogP contribution in [0.25, 0.3) is 0 Å². The van der Waals surface area contributed by atoms with Gasteiger partial charge in [0.1, 0.15) is 10.6 Å². The van der Waals surface area contributed by atoms with Crippen LogP contribution < -0.4 is 15.2 Å². The molecule has 0 unspecified atom stereocenters. The predicted molar refractivity (Wildman–Crippen MR) is 64.2 cm³/mol. The highest BCUT2D eigenvalue weighted by molar-refractivity contribution is 7.89. The normalized spacial score (nSPS) is 15.9. The van der Waals surface area contributed by atoms with Crippen molar-refractivity contribution in [1.29, 1.82) is 0 Å². The number of methoxy groups -OCH3 is 1. The maximum Gasteiger partial charge on any atom is 0.244 e. The molecule has 0 aromatic heterocycles. The fourth-order valence-electron chi connectivity index (χ4n) is 1.55. The monoisotopic (exact) mass is 256 g/mol. The molecule has 17 heavy (non-hydrogen) atoms. The first-order valence-electron chi connectivity index (χ1n) is 5.46. The fourth-order valence-corrected chi connectivity index (χ4v) is 3.00. The summed E-state index contributed by atoms with van der Waals surface area (Å²) in [6, 6.07) is 4.97. The summed E-state index contributed by atoms with van der Waals surface area (Å²) in [5, 5.41) is 0. The van der Waals surface area contributed by atoms with Crippen LogP contribution in [-0.2, 0) is 16.6 Å². The number of hydrogen-bond donors (Lipinski definition) is 2. The molecule has 0 saturated heterocycles. The van der Waals surface area contributed by atoms with Gasteiger partial charge in [0, 0.05) is 12.6 Å². The van der Waals surface area contributed by atoms with Crippen molar-refractivity contribution < 1.29 is 13.2 Å². The van der Waals surface area contributed by atoms with Crippen LogP contribution >= 0.6 is 0 Å². The van der Waals surface area contributed by atoms with Crippen LogP contribution in [-0.4, -0.2) is 21.6 Å². The molecule has 6 heteroatoms. The molecule has 0 heterocycles. The molecule has 1 fully saturated rings. The maximum absolute atomic E-state index is 12.0. The highest BCUT2D eigenvalue weighted by Crippen LogP contribution is 2.28. The molecule has 1 aliphatic rings. The summed E-state index contributed by atoms with van der Waals surface area (Å²) >= 11 is 0. The van der Waals surface area contributed by atoms with Gasteiger partial charge in [-0.15, -0.1) is 0 Å². The Bertz CT molecular complexity index is 509. The number of benzene rings is 1. The van der Waals surface area contributed by atoms with Crippen LogP contribution in [0.4, 0.5) is 0 Å². The van der Waals surface area contributed by atoms with E-state index in [0.717, 1.165) is 18.4 Å². The summed E-state index contributed by atoms with van der Waals surface area (Å²) in [5.74, 6) is 0.334. The Hall–Kier alpha value is -1.11. The van der Waals surface area contributed by atoms with Gasteiger partial charge < -0.3 is 10.5 Å². The second kappa shape index (κ2) is 4.64. The zero-order valence-corrected chi connectivity index (χ0v) is 10.5. The third-order valence-electron chi connectivity index (χ3n) is 2.65. The highest BCUT2D eigenvalue weighted by atomic mass is 32.2. The Morgan fingerprint density at radius 1 is 1.47 bits per heavy atom. The molecule has 94 valence electrons. The molecule has 5 nitrogen and oxygen atoms in total. The number of rotatable bonds is 5. The molecule has 1 aromatic carbocycles. The Kier molecular flexibility index (Phi) is 3.37. The van der Waals surface area contributed by atoms with Crippen molar-refractivity contribution in [2.45, 2.75) is 30.3 Å². The minimum Gasteiger partial charge on any atom is -0.495 e. The first-order valence-corrected chi connectivity index (χ1v) is 6.94. The lowest BCUT2D eigenvalue weighted by Gasteiger charge is -2.11. The van der Waals surface area contributed by atoms with Gasteiger partial charge >= 0.3 is 0 Å². The predicted octanol–water partition coefficient (Wildman–Crippen LogP) is 0.595. The average Bonchev–Trinajstić information content (AvgIpc) is 3.11. The molecular formula is C11H16N2O3S. The van der Waals surface area contributed by atoms with E-state index >= 15 is 0 Å². The molecule has 3 N–H and O–H groups in total. The van der Waals surface area contributed by atoms with Gasteiger partial charge in [0.2, 0.25) is 10.0 Å². The largest absolute Gasteiger partial charge is 0.495 e. The Labute approximate surface area is 101 Å². The van der Waals surface area contributed by atoms with Crippen LogP contribution in [0.3, 0.4) is 0 Å². The van der Waals surface area contributed by atoms with Crippen LogP contribution in [0, 0.1) is 0 Å². The van der Waals surface area contributed by atoms with Gasteiger partial charge in [0.05, 0.1) is 7.11 Å². The second-order valence-corrected chi connectivity index (χ2v) is 5.77. The number of ether oxygens (including phenoxy) is 1. The minimum absolute atomic E-state index is 0.0823. The number of nitrogens with one attached hydrogen (secondary N) is 1. The summed E-state index contributed by atoms with van der Waals surface area (Å²) in [6.45, 7) is 0.354. The number of sulfonamides is 1. The Morgan fingerprint density at radius 2 is 2.18 bits per heavy atom. The summed E-state index contributed by atoms with van der Waals surface area (Å²) in [4.78, 5) is 0.170. The van der Waals surface area contributed by atoms with Crippen LogP contribution in [0.1, 0.15) is 18.4 Å². The highest BCUT2D eigenvalue weighted by Gasteiger charge is 2.29. The summed E-state index contributed by atoms with van der Waals surface area (Å²) < 4.78 is 31.8. The quantitative estimate of drug-likeness (QED) is 0.808. The van der Waals surface area contributed by atoms with Crippen molar-refractivity contribution in [3.63, 3.8) is 0 Å². The van der Waals surface area contributed by atoms with E-state index in [1.54, 1.807) is 12.1 Å². The van der Waals surface area contributed by atoms with E-state index in [1.165, 1.54) is 13.2 Å². The molecule has 0 amide bonds. The molecule has 0 atom stereocenters. The third kappa shape index (κ3) is 2.77. The van der Waals surface area contributed by atoms with Gasteiger partial charge in [-0.3, -0.25) is 0 Å². The first-order chi connectivity index (χ1) is 8.06. The van der Waals surface area contributed by atoms with Gasteiger partial charge in [-0.25, -0.2) is 13.1 Å². The molecular weight excluding hydrogens is 240 g/mol. The van der Waals surface area contributed by atoms with E-state index in [2.05, 4.69) is 4.72 Å². The van der Waals surface area contributed by atoms with Crippen molar-refractivity contribution in [2.75, 3.05) is 7.11 Å². The van der Waals surface area contributed by atoms with Crippen LogP contribution in [0.5, 0.6) is 5.75 Å². The number of nitrogens with two attached hydrogens (primary N) is 1. The van der Waals surface area contributed by atoms with E-state index in [1.807, 2.05) is 0 Å². The topological polar surface area (TPSA) is 81.4 Å². The van der Waals surface area contributed by atoms with Gasteiger partial charge in [-0.05, 0) is 30.5 Å². The van der Waals surface area contributed by atoms with E-state index in [4.69, 9.17) is 10.5 Å². The molecule has 0 bridgehead atoms.